The van der Waals surface area contributed by atoms with Crippen molar-refractivity contribution in [2.24, 2.45) is 0 Å². The highest BCUT2D eigenvalue weighted by molar-refractivity contribution is 5.47. The number of hydrogen-bond donors (Lipinski definition) is 0. The molecule has 1 rings (SSSR count). The Hall–Kier alpha value is -1.28. The van der Waals surface area contributed by atoms with Gasteiger partial charge in [0, 0.05) is 18.8 Å². The first-order valence-electron chi connectivity index (χ1n) is 6.28. The molecule has 2 nitrogen and oxygen atoms in total. The molecular formula is C15H23NO. The lowest BCUT2D eigenvalue weighted by Gasteiger charge is -2.23. The van der Waals surface area contributed by atoms with Crippen LogP contribution in [0.2, 0.25) is 0 Å². The van der Waals surface area contributed by atoms with Crippen LogP contribution in [0.25, 0.3) is 0 Å². The summed E-state index contributed by atoms with van der Waals surface area (Å²) in [6.45, 7) is 11.4. The van der Waals surface area contributed by atoms with Gasteiger partial charge in [-0.15, -0.1) is 6.58 Å². The van der Waals surface area contributed by atoms with E-state index in [9.17, 15) is 0 Å². The van der Waals surface area contributed by atoms with Gasteiger partial charge in [-0.05, 0) is 32.4 Å². The number of benzene rings is 1. The molecule has 0 saturated heterocycles. The Morgan fingerprint density at radius 1 is 1.24 bits per heavy atom. The van der Waals surface area contributed by atoms with Gasteiger partial charge in [0.1, 0.15) is 0 Å². The van der Waals surface area contributed by atoms with E-state index in [1.54, 1.807) is 0 Å². The number of rotatable bonds is 8. The van der Waals surface area contributed by atoms with Gasteiger partial charge < -0.3 is 9.64 Å². The predicted molar refractivity (Wildman–Crippen MR) is 74.7 cm³/mol. The number of nitrogens with zero attached hydrogens (tertiary/aromatic N) is 1. The number of aryl methyl sites for hydroxylation is 1. The first kappa shape index (κ1) is 13.8. The van der Waals surface area contributed by atoms with Crippen molar-refractivity contribution in [1.29, 1.82) is 0 Å². The Bertz CT molecular complexity index is 318. The lowest BCUT2D eigenvalue weighted by Crippen LogP contribution is -2.27. The summed E-state index contributed by atoms with van der Waals surface area (Å²) in [7, 11) is 0. The Balaban J connectivity index is 2.37. The van der Waals surface area contributed by atoms with E-state index >= 15 is 0 Å². The Morgan fingerprint density at radius 2 is 1.94 bits per heavy atom. The van der Waals surface area contributed by atoms with Crippen molar-refractivity contribution in [2.45, 2.75) is 20.3 Å². The molecule has 1 aromatic carbocycles. The lowest BCUT2D eigenvalue weighted by molar-refractivity contribution is 0.145. The molecule has 0 amide bonds. The molecule has 1 aromatic rings. The highest BCUT2D eigenvalue weighted by atomic mass is 16.5. The monoisotopic (exact) mass is 233 g/mol. The molecule has 0 aliphatic heterocycles. The Labute approximate surface area is 105 Å². The number of likely N-dealkylation sites (N-methyl/N-ethyl adjacent to an activating group) is 1. The molecule has 0 fully saturated rings. The van der Waals surface area contributed by atoms with Crippen molar-refractivity contribution in [3.8, 4) is 0 Å². The normalized spacial score (nSPS) is 10.2. The third kappa shape index (κ3) is 5.05. The molecule has 0 aliphatic carbocycles. The molecule has 17 heavy (non-hydrogen) atoms. The third-order valence-corrected chi connectivity index (χ3v) is 2.75. The SMILES string of the molecule is C=CCCOCCN(CC)c1ccc(C)cc1. The molecule has 0 aromatic heterocycles. The first-order chi connectivity index (χ1) is 8.27. The van der Waals surface area contributed by atoms with Crippen LogP contribution in [-0.4, -0.2) is 26.3 Å². The lowest BCUT2D eigenvalue weighted by atomic mass is 10.2. The van der Waals surface area contributed by atoms with E-state index in [1.807, 2.05) is 6.08 Å². The minimum atomic E-state index is 0.773. The molecule has 0 bridgehead atoms. The van der Waals surface area contributed by atoms with E-state index in [2.05, 4.69) is 49.6 Å². The summed E-state index contributed by atoms with van der Waals surface area (Å²) in [4.78, 5) is 2.33. The van der Waals surface area contributed by atoms with E-state index in [-0.39, 0.29) is 0 Å². The quantitative estimate of drug-likeness (QED) is 0.504. The number of anilines is 1. The summed E-state index contributed by atoms with van der Waals surface area (Å²) in [5.41, 5.74) is 2.57. The zero-order valence-corrected chi connectivity index (χ0v) is 11.0. The molecule has 2 heteroatoms. The topological polar surface area (TPSA) is 12.5 Å². The van der Waals surface area contributed by atoms with Crippen LogP contribution < -0.4 is 4.90 Å². The van der Waals surface area contributed by atoms with Gasteiger partial charge in [0.15, 0.2) is 0 Å². The average Bonchev–Trinajstić information content (AvgIpc) is 2.35. The van der Waals surface area contributed by atoms with Crippen LogP contribution in [0.1, 0.15) is 18.9 Å². The largest absolute Gasteiger partial charge is 0.379 e. The second-order valence-electron chi connectivity index (χ2n) is 4.10. The molecule has 0 radical (unpaired) electrons. The molecular weight excluding hydrogens is 210 g/mol. The second-order valence-corrected chi connectivity index (χ2v) is 4.10. The highest BCUT2D eigenvalue weighted by Crippen LogP contribution is 2.14. The van der Waals surface area contributed by atoms with Gasteiger partial charge in [-0.2, -0.15) is 0 Å². The fourth-order valence-corrected chi connectivity index (χ4v) is 1.67. The molecule has 0 unspecified atom stereocenters. The molecule has 94 valence electrons. The summed E-state index contributed by atoms with van der Waals surface area (Å²) in [5, 5.41) is 0. The van der Waals surface area contributed by atoms with Crippen LogP contribution in [0.5, 0.6) is 0 Å². The Kier molecular flexibility index (Phi) is 6.41. The van der Waals surface area contributed by atoms with E-state index in [1.165, 1.54) is 11.3 Å². The fraction of sp³-hybridized carbons (Fsp3) is 0.467. The van der Waals surface area contributed by atoms with E-state index in [0.717, 1.165) is 32.7 Å². The van der Waals surface area contributed by atoms with Crippen LogP contribution in [0.4, 0.5) is 5.69 Å². The van der Waals surface area contributed by atoms with Gasteiger partial charge in [-0.1, -0.05) is 23.8 Å². The summed E-state index contributed by atoms with van der Waals surface area (Å²) >= 11 is 0. The van der Waals surface area contributed by atoms with Crippen LogP contribution >= 0.6 is 0 Å². The molecule has 0 saturated carbocycles. The zero-order valence-electron chi connectivity index (χ0n) is 11.0. The smallest absolute Gasteiger partial charge is 0.0641 e. The van der Waals surface area contributed by atoms with Crippen LogP contribution in [0.3, 0.4) is 0 Å². The van der Waals surface area contributed by atoms with Crippen molar-refractivity contribution in [1.82, 2.24) is 0 Å². The minimum Gasteiger partial charge on any atom is -0.379 e. The summed E-state index contributed by atoms with van der Waals surface area (Å²) in [6.07, 6.45) is 2.81. The summed E-state index contributed by atoms with van der Waals surface area (Å²) < 4.78 is 5.54. The standard InChI is InChI=1S/C15H23NO/c1-4-6-12-17-13-11-16(5-2)15-9-7-14(3)8-10-15/h4,7-10H,1,5-6,11-13H2,2-3H3. The maximum atomic E-state index is 5.54. The fourth-order valence-electron chi connectivity index (χ4n) is 1.67. The van der Waals surface area contributed by atoms with Gasteiger partial charge in [-0.3, -0.25) is 0 Å². The maximum Gasteiger partial charge on any atom is 0.0641 e. The van der Waals surface area contributed by atoms with Crippen molar-refractivity contribution < 1.29 is 4.74 Å². The molecule has 0 atom stereocenters. The summed E-state index contributed by atoms with van der Waals surface area (Å²) in [6, 6.07) is 8.64. The second kappa shape index (κ2) is 7.91. The van der Waals surface area contributed by atoms with Crippen molar-refractivity contribution in [2.75, 3.05) is 31.2 Å². The third-order valence-electron chi connectivity index (χ3n) is 2.75. The highest BCUT2D eigenvalue weighted by Gasteiger charge is 2.03. The van der Waals surface area contributed by atoms with Crippen LogP contribution in [0, 0.1) is 6.92 Å². The molecule has 0 spiro atoms. The summed E-state index contributed by atoms with van der Waals surface area (Å²) in [5.74, 6) is 0. The first-order valence-corrected chi connectivity index (χ1v) is 6.28. The van der Waals surface area contributed by atoms with Gasteiger partial charge in [0.2, 0.25) is 0 Å². The number of ether oxygens (including phenoxy) is 1. The van der Waals surface area contributed by atoms with Gasteiger partial charge in [-0.25, -0.2) is 0 Å². The van der Waals surface area contributed by atoms with Gasteiger partial charge in [0.25, 0.3) is 0 Å². The van der Waals surface area contributed by atoms with Crippen LogP contribution in [0.15, 0.2) is 36.9 Å². The van der Waals surface area contributed by atoms with E-state index < -0.39 is 0 Å². The van der Waals surface area contributed by atoms with Gasteiger partial charge in [0.05, 0.1) is 13.2 Å². The van der Waals surface area contributed by atoms with Crippen LogP contribution in [-0.2, 0) is 4.74 Å². The van der Waals surface area contributed by atoms with E-state index in [4.69, 9.17) is 4.74 Å². The molecule has 0 heterocycles. The number of hydrogen-bond acceptors (Lipinski definition) is 2. The minimum absolute atomic E-state index is 0.773. The van der Waals surface area contributed by atoms with Gasteiger partial charge >= 0.3 is 0 Å². The van der Waals surface area contributed by atoms with E-state index in [0.29, 0.717) is 0 Å². The van der Waals surface area contributed by atoms with Crippen molar-refractivity contribution >= 4 is 5.69 Å². The maximum absolute atomic E-state index is 5.54. The van der Waals surface area contributed by atoms with Crippen molar-refractivity contribution in [3.05, 3.63) is 42.5 Å². The van der Waals surface area contributed by atoms with Crippen molar-refractivity contribution in [3.63, 3.8) is 0 Å². The average molecular weight is 233 g/mol. The molecule has 0 N–H and O–H groups in total. The molecule has 0 aliphatic rings. The predicted octanol–water partition coefficient (Wildman–Crippen LogP) is 3.41. The Morgan fingerprint density at radius 3 is 2.53 bits per heavy atom. The zero-order chi connectivity index (χ0) is 12.5.